The van der Waals surface area contributed by atoms with Gasteiger partial charge in [0.15, 0.2) is 5.65 Å². The van der Waals surface area contributed by atoms with Crippen LogP contribution in [0.15, 0.2) is 47.4 Å². The van der Waals surface area contributed by atoms with Crippen LogP contribution >= 0.6 is 23.2 Å². The third-order valence-electron chi connectivity index (χ3n) is 5.70. The first-order valence-corrected chi connectivity index (χ1v) is 12.3. The summed E-state index contributed by atoms with van der Waals surface area (Å²) >= 11 is 12.2. The lowest BCUT2D eigenvalue weighted by molar-refractivity contribution is 0.304. The largest absolute Gasteiger partial charge is 0.339 e. The lowest BCUT2D eigenvalue weighted by Gasteiger charge is -2.39. The number of sulfonamides is 1. The molecule has 1 aliphatic rings. The summed E-state index contributed by atoms with van der Waals surface area (Å²) in [5, 5.41) is 10.4. The van der Waals surface area contributed by atoms with Crippen LogP contribution in [0.5, 0.6) is 0 Å². The number of aryl methyl sites for hydroxylation is 1. The average Bonchev–Trinajstić information content (AvgIpc) is 3.14. The molecular weight excluding hydrogens is 471 g/mol. The molecule has 0 spiro atoms. The van der Waals surface area contributed by atoms with Crippen molar-refractivity contribution in [3.8, 4) is 0 Å². The summed E-state index contributed by atoms with van der Waals surface area (Å²) in [5.41, 5.74) is 1.41. The summed E-state index contributed by atoms with van der Waals surface area (Å²) in [4.78, 5) is 7.11. The number of halogens is 2. The number of anilines is 1. The highest BCUT2D eigenvalue weighted by molar-refractivity contribution is 7.89. The Hall–Kier alpha value is -2.46. The normalized spacial score (nSPS) is 18.0. The van der Waals surface area contributed by atoms with Crippen molar-refractivity contribution >= 4 is 55.7 Å². The van der Waals surface area contributed by atoms with Gasteiger partial charge in [0.1, 0.15) is 5.82 Å². The van der Waals surface area contributed by atoms with E-state index in [1.807, 2.05) is 24.3 Å². The lowest BCUT2D eigenvalue weighted by Crippen LogP contribution is -2.54. The predicted molar refractivity (Wildman–Crippen MR) is 125 cm³/mol. The van der Waals surface area contributed by atoms with E-state index in [0.717, 1.165) is 5.39 Å². The first-order valence-electron chi connectivity index (χ1n) is 10.1. The molecule has 166 valence electrons. The van der Waals surface area contributed by atoms with Crippen molar-refractivity contribution in [3.63, 3.8) is 0 Å². The fourth-order valence-corrected chi connectivity index (χ4v) is 6.26. The summed E-state index contributed by atoms with van der Waals surface area (Å²) < 4.78 is 29.9. The van der Waals surface area contributed by atoms with Crippen LogP contribution in [0.2, 0.25) is 10.0 Å². The topological polar surface area (TPSA) is 83.7 Å². The standard InChI is InChI=1S/C21H20Cl2N6O2S/c1-13-12-27(8-9-28(13)32(30,31)17-5-3-4-15(22)10-17)21-24-19-11-16(23)6-7-18(19)20-26-25-14(2)29(20)21/h3-7,10-11,13H,8-9,12H2,1-2H3/t13-/m0/s1. The van der Waals surface area contributed by atoms with Gasteiger partial charge in [-0.05, 0) is 50.2 Å². The third-order valence-corrected chi connectivity index (χ3v) is 8.18. The SMILES string of the molecule is Cc1nnc2c3ccc(Cl)cc3nc(N3CCN(S(=O)(=O)c4cccc(Cl)c4)[C@@H](C)C3)n12. The maximum absolute atomic E-state index is 13.2. The van der Waals surface area contributed by atoms with E-state index in [1.165, 1.54) is 10.4 Å². The Morgan fingerprint density at radius 2 is 1.81 bits per heavy atom. The van der Waals surface area contributed by atoms with Crippen molar-refractivity contribution in [1.29, 1.82) is 0 Å². The molecule has 11 heteroatoms. The molecule has 0 saturated carbocycles. The van der Waals surface area contributed by atoms with Crippen LogP contribution in [0, 0.1) is 6.92 Å². The van der Waals surface area contributed by atoms with E-state index in [9.17, 15) is 8.42 Å². The van der Waals surface area contributed by atoms with Crippen LogP contribution in [0.25, 0.3) is 16.6 Å². The highest BCUT2D eigenvalue weighted by Crippen LogP contribution is 2.29. The van der Waals surface area contributed by atoms with Gasteiger partial charge in [0.2, 0.25) is 16.0 Å². The van der Waals surface area contributed by atoms with Crippen LogP contribution < -0.4 is 4.90 Å². The number of nitrogens with zero attached hydrogens (tertiary/aromatic N) is 6. The van der Waals surface area contributed by atoms with Crippen molar-refractivity contribution in [2.75, 3.05) is 24.5 Å². The van der Waals surface area contributed by atoms with Gasteiger partial charge >= 0.3 is 0 Å². The maximum Gasteiger partial charge on any atom is 0.243 e. The molecule has 2 aromatic carbocycles. The Bertz CT molecular complexity index is 1460. The van der Waals surface area contributed by atoms with E-state index >= 15 is 0 Å². The number of benzene rings is 2. The van der Waals surface area contributed by atoms with Crippen molar-refractivity contribution in [2.24, 2.45) is 0 Å². The van der Waals surface area contributed by atoms with E-state index in [4.69, 9.17) is 28.2 Å². The molecule has 5 rings (SSSR count). The first-order chi connectivity index (χ1) is 15.3. The molecule has 8 nitrogen and oxygen atoms in total. The van der Waals surface area contributed by atoms with E-state index < -0.39 is 10.0 Å². The maximum atomic E-state index is 13.2. The summed E-state index contributed by atoms with van der Waals surface area (Å²) in [6.07, 6.45) is 0. The van der Waals surface area contributed by atoms with E-state index in [2.05, 4.69) is 15.1 Å². The molecule has 2 aromatic heterocycles. The molecule has 0 radical (unpaired) electrons. The molecule has 0 N–H and O–H groups in total. The fraction of sp³-hybridized carbons (Fsp3) is 0.286. The zero-order chi connectivity index (χ0) is 22.6. The molecule has 3 heterocycles. The Labute approximate surface area is 195 Å². The number of aromatic nitrogens is 4. The Morgan fingerprint density at radius 1 is 1.03 bits per heavy atom. The van der Waals surface area contributed by atoms with Gasteiger partial charge in [-0.15, -0.1) is 10.2 Å². The average molecular weight is 491 g/mol. The Balaban J connectivity index is 1.52. The second-order valence-corrected chi connectivity index (χ2v) is 10.6. The quantitative estimate of drug-likeness (QED) is 0.434. The number of piperazine rings is 1. The van der Waals surface area contributed by atoms with Gasteiger partial charge in [-0.3, -0.25) is 0 Å². The van der Waals surface area contributed by atoms with Crippen LogP contribution in [-0.2, 0) is 10.0 Å². The van der Waals surface area contributed by atoms with Gasteiger partial charge in [0.05, 0.1) is 10.4 Å². The number of hydrogen-bond acceptors (Lipinski definition) is 6. The van der Waals surface area contributed by atoms with E-state index in [0.29, 0.717) is 52.6 Å². The molecule has 1 aliphatic heterocycles. The summed E-state index contributed by atoms with van der Waals surface area (Å²) in [6, 6.07) is 11.6. The highest BCUT2D eigenvalue weighted by atomic mass is 35.5. The van der Waals surface area contributed by atoms with Crippen molar-refractivity contribution in [3.05, 3.63) is 58.3 Å². The van der Waals surface area contributed by atoms with Crippen LogP contribution in [0.3, 0.4) is 0 Å². The fourth-order valence-electron chi connectivity index (χ4n) is 4.17. The van der Waals surface area contributed by atoms with Gasteiger partial charge in [-0.2, -0.15) is 4.31 Å². The Kier molecular flexibility index (Phi) is 5.24. The Morgan fingerprint density at radius 3 is 2.56 bits per heavy atom. The summed E-state index contributed by atoms with van der Waals surface area (Å²) in [7, 11) is -3.67. The lowest BCUT2D eigenvalue weighted by atomic mass is 10.2. The van der Waals surface area contributed by atoms with Gasteiger partial charge < -0.3 is 4.90 Å². The van der Waals surface area contributed by atoms with Crippen molar-refractivity contribution in [2.45, 2.75) is 24.8 Å². The van der Waals surface area contributed by atoms with Gasteiger partial charge in [-0.1, -0.05) is 29.3 Å². The van der Waals surface area contributed by atoms with Gasteiger partial charge in [-0.25, -0.2) is 17.8 Å². The minimum Gasteiger partial charge on any atom is -0.339 e. The number of rotatable bonds is 3. The summed E-state index contributed by atoms with van der Waals surface area (Å²) in [6.45, 7) is 5.01. The predicted octanol–water partition coefficient (Wildman–Crippen LogP) is 3.79. The van der Waals surface area contributed by atoms with E-state index in [1.54, 1.807) is 30.3 Å². The van der Waals surface area contributed by atoms with Gasteiger partial charge in [0, 0.05) is 41.1 Å². The molecule has 0 bridgehead atoms. The summed E-state index contributed by atoms with van der Waals surface area (Å²) in [5.74, 6) is 1.38. The second-order valence-electron chi connectivity index (χ2n) is 7.85. The van der Waals surface area contributed by atoms with Gasteiger partial charge in [0.25, 0.3) is 0 Å². The molecule has 1 saturated heterocycles. The molecule has 0 aliphatic carbocycles. The third kappa shape index (κ3) is 3.49. The molecular formula is C21H20Cl2N6O2S. The molecule has 0 unspecified atom stereocenters. The number of hydrogen-bond donors (Lipinski definition) is 0. The zero-order valence-corrected chi connectivity index (χ0v) is 19.7. The molecule has 1 atom stereocenters. The van der Waals surface area contributed by atoms with Crippen molar-refractivity contribution < 1.29 is 8.42 Å². The highest BCUT2D eigenvalue weighted by Gasteiger charge is 2.35. The molecule has 1 fully saturated rings. The minimum absolute atomic E-state index is 0.195. The smallest absolute Gasteiger partial charge is 0.243 e. The monoisotopic (exact) mass is 490 g/mol. The van der Waals surface area contributed by atoms with Crippen LogP contribution in [-0.4, -0.2) is 58.0 Å². The number of fused-ring (bicyclic) bond motifs is 3. The van der Waals surface area contributed by atoms with E-state index in [-0.39, 0.29) is 10.9 Å². The molecule has 32 heavy (non-hydrogen) atoms. The molecule has 0 amide bonds. The van der Waals surface area contributed by atoms with Crippen LogP contribution in [0.1, 0.15) is 12.7 Å². The molecule has 4 aromatic rings. The van der Waals surface area contributed by atoms with Crippen LogP contribution in [0.4, 0.5) is 5.95 Å². The zero-order valence-electron chi connectivity index (χ0n) is 17.4. The second kappa shape index (κ2) is 7.84. The first kappa shape index (κ1) is 21.4. The minimum atomic E-state index is -3.67. The van der Waals surface area contributed by atoms with Crippen molar-refractivity contribution in [1.82, 2.24) is 23.9 Å².